The monoisotopic (exact) mass is 294 g/mol. The minimum absolute atomic E-state index is 0.0343. The molecular weight excluding hydrogens is 284 g/mol. The number of fused-ring (bicyclic) bond motifs is 1. The molecule has 0 bridgehead atoms. The highest BCUT2D eigenvalue weighted by molar-refractivity contribution is 6.08. The van der Waals surface area contributed by atoms with Crippen LogP contribution in [0.1, 0.15) is 26.4 Å². The smallest absolute Gasteiger partial charge is 0.335 e. The van der Waals surface area contributed by atoms with Gasteiger partial charge in [-0.05, 0) is 18.2 Å². The molecule has 0 aliphatic rings. The normalized spacial score (nSPS) is 10.5. The van der Waals surface area contributed by atoms with Crippen LogP contribution in [0.3, 0.4) is 0 Å². The van der Waals surface area contributed by atoms with Crippen molar-refractivity contribution < 1.29 is 14.7 Å². The van der Waals surface area contributed by atoms with Gasteiger partial charge in [-0.25, -0.2) is 9.78 Å². The van der Waals surface area contributed by atoms with Crippen molar-refractivity contribution in [1.82, 2.24) is 9.97 Å². The van der Waals surface area contributed by atoms with Crippen LogP contribution in [0.5, 0.6) is 0 Å². The molecule has 2 aromatic carbocycles. The number of aromatic carboxylic acids is 1. The van der Waals surface area contributed by atoms with E-state index in [-0.39, 0.29) is 16.8 Å². The number of nitrogens with one attached hydrogen (secondary N) is 1. The van der Waals surface area contributed by atoms with Crippen molar-refractivity contribution in [3.63, 3.8) is 0 Å². The van der Waals surface area contributed by atoms with E-state index in [4.69, 9.17) is 5.11 Å². The molecule has 0 fully saturated rings. The van der Waals surface area contributed by atoms with Gasteiger partial charge in [0.05, 0.1) is 16.6 Å². The minimum atomic E-state index is -1.10. The second-order valence-corrected chi connectivity index (χ2v) is 4.65. The summed E-state index contributed by atoms with van der Waals surface area (Å²) in [5.41, 5.74) is 0.151. The van der Waals surface area contributed by atoms with Crippen molar-refractivity contribution in [2.75, 3.05) is 0 Å². The molecule has 0 spiro atoms. The van der Waals surface area contributed by atoms with Gasteiger partial charge < -0.3 is 10.1 Å². The van der Waals surface area contributed by atoms with Gasteiger partial charge in [0, 0.05) is 5.56 Å². The maximum absolute atomic E-state index is 12.3. The molecule has 0 aliphatic heterocycles. The van der Waals surface area contributed by atoms with E-state index in [1.807, 2.05) is 0 Å². The summed E-state index contributed by atoms with van der Waals surface area (Å²) < 4.78 is 0. The zero-order valence-corrected chi connectivity index (χ0v) is 11.2. The number of ketones is 1. The summed E-state index contributed by atoms with van der Waals surface area (Å²) in [7, 11) is 0. The third-order valence-corrected chi connectivity index (χ3v) is 3.19. The standard InChI is InChI=1S/C16H10N2O4/c19-14(9-4-2-1-3-5-9)13-15(20)18-12-8-10(16(21)22)6-7-11(12)17-13/h1-8H,(H,18,20)(H,21,22). The van der Waals surface area contributed by atoms with Crippen LogP contribution in [0.25, 0.3) is 11.0 Å². The van der Waals surface area contributed by atoms with E-state index in [2.05, 4.69) is 9.97 Å². The summed E-state index contributed by atoms with van der Waals surface area (Å²) in [4.78, 5) is 41.8. The van der Waals surface area contributed by atoms with Crippen molar-refractivity contribution in [2.24, 2.45) is 0 Å². The zero-order valence-electron chi connectivity index (χ0n) is 11.2. The molecule has 0 aliphatic carbocycles. The Balaban J connectivity index is 2.14. The number of hydrogen-bond donors (Lipinski definition) is 2. The third kappa shape index (κ3) is 2.37. The molecule has 0 radical (unpaired) electrons. The zero-order chi connectivity index (χ0) is 15.7. The number of carboxylic acids is 1. The van der Waals surface area contributed by atoms with Crippen LogP contribution in [0.2, 0.25) is 0 Å². The molecule has 3 aromatic rings. The fourth-order valence-electron chi connectivity index (χ4n) is 2.10. The van der Waals surface area contributed by atoms with Gasteiger partial charge in [-0.2, -0.15) is 0 Å². The number of carbonyl (C=O) groups excluding carboxylic acids is 1. The number of carbonyl (C=O) groups is 2. The lowest BCUT2D eigenvalue weighted by Gasteiger charge is -2.03. The quantitative estimate of drug-likeness (QED) is 0.718. The first-order chi connectivity index (χ1) is 10.6. The maximum atomic E-state index is 12.3. The highest BCUT2D eigenvalue weighted by atomic mass is 16.4. The fraction of sp³-hybridized carbons (Fsp3) is 0. The van der Waals surface area contributed by atoms with Crippen molar-refractivity contribution in [3.05, 3.63) is 75.7 Å². The average molecular weight is 294 g/mol. The molecule has 22 heavy (non-hydrogen) atoms. The van der Waals surface area contributed by atoms with Crippen molar-refractivity contribution in [2.45, 2.75) is 0 Å². The number of aromatic nitrogens is 2. The Labute approximate surface area is 124 Å². The molecule has 1 aromatic heterocycles. The molecule has 108 valence electrons. The molecule has 0 unspecified atom stereocenters. The van der Waals surface area contributed by atoms with Gasteiger partial charge in [-0.15, -0.1) is 0 Å². The Morgan fingerprint density at radius 2 is 1.73 bits per heavy atom. The summed E-state index contributed by atoms with van der Waals surface area (Å²) in [6.07, 6.45) is 0. The van der Waals surface area contributed by atoms with Gasteiger partial charge in [0.25, 0.3) is 5.56 Å². The highest BCUT2D eigenvalue weighted by Crippen LogP contribution is 2.12. The van der Waals surface area contributed by atoms with Gasteiger partial charge in [0.15, 0.2) is 5.69 Å². The molecular formula is C16H10N2O4. The Hall–Kier alpha value is -3.28. The van der Waals surface area contributed by atoms with Crippen LogP contribution in [0.15, 0.2) is 53.3 Å². The first-order valence-corrected chi connectivity index (χ1v) is 6.43. The van der Waals surface area contributed by atoms with Crippen molar-refractivity contribution in [3.8, 4) is 0 Å². The van der Waals surface area contributed by atoms with Crippen LogP contribution in [0.4, 0.5) is 0 Å². The summed E-state index contributed by atoms with van der Waals surface area (Å²) in [5.74, 6) is -1.58. The number of hydrogen-bond acceptors (Lipinski definition) is 4. The molecule has 2 N–H and O–H groups in total. The summed E-state index contributed by atoms with van der Waals surface area (Å²) in [6, 6.07) is 12.5. The van der Waals surface area contributed by atoms with E-state index in [0.717, 1.165) is 0 Å². The number of carboxylic acid groups (broad SMARTS) is 1. The lowest BCUT2D eigenvalue weighted by molar-refractivity contribution is 0.0696. The van der Waals surface area contributed by atoms with Crippen LogP contribution >= 0.6 is 0 Å². The number of aromatic amines is 1. The average Bonchev–Trinajstić information content (AvgIpc) is 2.53. The SMILES string of the molecule is O=C(O)c1ccc2nc(C(=O)c3ccccc3)c(=O)[nH]c2c1. The second-order valence-electron chi connectivity index (χ2n) is 4.65. The van der Waals surface area contributed by atoms with Crippen LogP contribution in [0, 0.1) is 0 Å². The molecule has 0 saturated carbocycles. The topological polar surface area (TPSA) is 100 Å². The van der Waals surface area contributed by atoms with Crippen LogP contribution in [-0.2, 0) is 0 Å². The van der Waals surface area contributed by atoms with Gasteiger partial charge in [0.1, 0.15) is 0 Å². The molecule has 6 nitrogen and oxygen atoms in total. The van der Waals surface area contributed by atoms with Gasteiger partial charge in [0.2, 0.25) is 5.78 Å². The fourth-order valence-corrected chi connectivity index (χ4v) is 2.10. The number of H-pyrrole nitrogens is 1. The van der Waals surface area contributed by atoms with E-state index < -0.39 is 17.3 Å². The number of nitrogens with zero attached hydrogens (tertiary/aromatic N) is 1. The second kappa shape index (κ2) is 5.25. The Bertz CT molecular complexity index is 945. The molecule has 6 heteroatoms. The summed E-state index contributed by atoms with van der Waals surface area (Å²) in [6.45, 7) is 0. The third-order valence-electron chi connectivity index (χ3n) is 3.19. The predicted octanol–water partition coefficient (Wildman–Crippen LogP) is 1.85. The number of benzene rings is 2. The van der Waals surface area contributed by atoms with Crippen LogP contribution < -0.4 is 5.56 Å². The Morgan fingerprint density at radius 3 is 2.41 bits per heavy atom. The molecule has 0 atom stereocenters. The van der Waals surface area contributed by atoms with E-state index in [0.29, 0.717) is 11.1 Å². The van der Waals surface area contributed by atoms with Crippen LogP contribution in [-0.4, -0.2) is 26.8 Å². The number of rotatable bonds is 3. The maximum Gasteiger partial charge on any atom is 0.335 e. The van der Waals surface area contributed by atoms with Gasteiger partial charge in [-0.1, -0.05) is 30.3 Å². The largest absolute Gasteiger partial charge is 0.478 e. The first-order valence-electron chi connectivity index (χ1n) is 6.43. The van der Waals surface area contributed by atoms with Gasteiger partial charge in [-0.3, -0.25) is 9.59 Å². The minimum Gasteiger partial charge on any atom is -0.478 e. The molecule has 0 amide bonds. The first kappa shape index (κ1) is 13.7. The molecule has 0 saturated heterocycles. The Morgan fingerprint density at radius 1 is 1.00 bits per heavy atom. The molecule has 3 rings (SSSR count). The summed E-state index contributed by atoms with van der Waals surface area (Å²) in [5, 5.41) is 8.94. The Kier molecular flexibility index (Phi) is 3.27. The van der Waals surface area contributed by atoms with E-state index in [1.54, 1.807) is 30.3 Å². The van der Waals surface area contributed by atoms with Crippen molar-refractivity contribution in [1.29, 1.82) is 0 Å². The lowest BCUT2D eigenvalue weighted by atomic mass is 10.1. The molecule has 1 heterocycles. The summed E-state index contributed by atoms with van der Waals surface area (Å²) >= 11 is 0. The van der Waals surface area contributed by atoms with E-state index in [1.165, 1.54) is 18.2 Å². The lowest BCUT2D eigenvalue weighted by Crippen LogP contribution is -2.21. The van der Waals surface area contributed by atoms with E-state index in [9.17, 15) is 14.4 Å². The van der Waals surface area contributed by atoms with Crippen molar-refractivity contribution >= 4 is 22.8 Å². The predicted molar refractivity (Wildman–Crippen MR) is 79.2 cm³/mol. The van der Waals surface area contributed by atoms with E-state index >= 15 is 0 Å². The highest BCUT2D eigenvalue weighted by Gasteiger charge is 2.16. The van der Waals surface area contributed by atoms with Gasteiger partial charge >= 0.3 is 5.97 Å².